The number of nitrogens with zero attached hydrogens (tertiary/aromatic N) is 1. The van der Waals surface area contributed by atoms with Crippen LogP contribution in [0.3, 0.4) is 0 Å². The minimum absolute atomic E-state index is 0.272. The Hall–Kier alpha value is -1.14. The molecule has 0 aromatic heterocycles. The predicted octanol–water partition coefficient (Wildman–Crippen LogP) is 0.612. The van der Waals surface area contributed by atoms with E-state index in [2.05, 4.69) is 6.58 Å². The molecule has 1 aliphatic heterocycles. The molecule has 6 heteroatoms. The van der Waals surface area contributed by atoms with Crippen molar-refractivity contribution in [2.75, 3.05) is 13.2 Å². The third-order valence-electron chi connectivity index (χ3n) is 1.94. The lowest BCUT2D eigenvalue weighted by Crippen LogP contribution is -2.31. The van der Waals surface area contributed by atoms with Crippen molar-refractivity contribution in [1.82, 2.24) is 0 Å². The van der Waals surface area contributed by atoms with Crippen molar-refractivity contribution in [3.63, 3.8) is 0 Å². The van der Waals surface area contributed by atoms with E-state index < -0.39 is 5.09 Å². The number of ether oxygens (including phenoxy) is 1. The highest BCUT2D eigenvalue weighted by molar-refractivity contribution is 4.79. The van der Waals surface area contributed by atoms with Crippen LogP contribution in [0.15, 0.2) is 12.7 Å². The van der Waals surface area contributed by atoms with E-state index in [1.54, 1.807) is 0 Å². The number of aliphatic hydroxyl groups excluding tert-OH is 1. The Morgan fingerprint density at radius 3 is 2.71 bits per heavy atom. The van der Waals surface area contributed by atoms with Crippen molar-refractivity contribution < 1.29 is 20.1 Å². The molecule has 82 valence electrons. The largest absolute Gasteiger partial charge is 0.390 e. The molecular formula is C8H15NO5. The quantitative estimate of drug-likeness (QED) is 0.391. The van der Waals surface area contributed by atoms with Crippen LogP contribution in [-0.2, 0) is 4.74 Å². The zero-order valence-corrected chi connectivity index (χ0v) is 7.83. The Bertz CT molecular complexity index is 181. The van der Waals surface area contributed by atoms with Gasteiger partial charge in [0.2, 0.25) is 0 Å². The fourth-order valence-corrected chi connectivity index (χ4v) is 1.26. The smallest absolute Gasteiger partial charge is 0.291 e. The molecular weight excluding hydrogens is 190 g/mol. The monoisotopic (exact) mass is 205 g/mol. The second-order valence-corrected chi connectivity index (χ2v) is 2.95. The highest BCUT2D eigenvalue weighted by Gasteiger charge is 2.21. The maximum Gasteiger partial charge on any atom is 0.291 e. The van der Waals surface area contributed by atoms with Crippen LogP contribution >= 0.6 is 0 Å². The maximum atomic E-state index is 9.33. The number of allylic oxidation sites excluding steroid dienone is 1. The SMILES string of the molecule is C=CCC1CCOCC1O.O=[N+]([O-])O. The molecule has 1 aliphatic rings. The maximum absolute atomic E-state index is 9.33. The molecule has 2 atom stereocenters. The molecule has 2 N–H and O–H groups in total. The Morgan fingerprint density at radius 1 is 1.71 bits per heavy atom. The molecule has 1 heterocycles. The Labute approximate surface area is 81.9 Å². The average Bonchev–Trinajstić information content (AvgIpc) is 2.08. The summed E-state index contributed by atoms with van der Waals surface area (Å²) in [4.78, 5) is 8.36. The van der Waals surface area contributed by atoms with Crippen LogP contribution in [0.25, 0.3) is 0 Å². The van der Waals surface area contributed by atoms with Gasteiger partial charge in [0.25, 0.3) is 5.09 Å². The Kier molecular flexibility index (Phi) is 6.69. The molecule has 0 amide bonds. The molecule has 1 rings (SSSR count). The normalized spacial score (nSPS) is 25.8. The minimum Gasteiger partial charge on any atom is -0.390 e. The molecule has 0 saturated carbocycles. The lowest BCUT2D eigenvalue weighted by atomic mass is 9.94. The van der Waals surface area contributed by atoms with Crippen LogP contribution in [0.5, 0.6) is 0 Å². The highest BCUT2D eigenvalue weighted by atomic mass is 16.9. The van der Waals surface area contributed by atoms with Gasteiger partial charge in [-0.1, -0.05) is 6.08 Å². The number of rotatable bonds is 2. The zero-order valence-electron chi connectivity index (χ0n) is 7.83. The molecule has 0 radical (unpaired) electrons. The molecule has 6 nitrogen and oxygen atoms in total. The van der Waals surface area contributed by atoms with Gasteiger partial charge >= 0.3 is 0 Å². The van der Waals surface area contributed by atoms with E-state index in [1.807, 2.05) is 6.08 Å². The van der Waals surface area contributed by atoms with E-state index in [4.69, 9.17) is 20.1 Å². The molecule has 0 aliphatic carbocycles. The van der Waals surface area contributed by atoms with Crippen LogP contribution < -0.4 is 0 Å². The second-order valence-electron chi connectivity index (χ2n) is 2.95. The fraction of sp³-hybridized carbons (Fsp3) is 0.750. The second kappa shape index (κ2) is 7.28. The van der Waals surface area contributed by atoms with Gasteiger partial charge in [-0.25, -0.2) is 0 Å². The first kappa shape index (κ1) is 12.9. The minimum atomic E-state index is -1.50. The van der Waals surface area contributed by atoms with Gasteiger partial charge in [0, 0.05) is 6.61 Å². The van der Waals surface area contributed by atoms with E-state index in [-0.39, 0.29) is 6.10 Å². The summed E-state index contributed by atoms with van der Waals surface area (Å²) in [7, 11) is 0. The molecule has 0 aromatic rings. The highest BCUT2D eigenvalue weighted by Crippen LogP contribution is 2.18. The number of aliphatic hydroxyl groups is 1. The van der Waals surface area contributed by atoms with Crippen LogP contribution in [-0.4, -0.2) is 34.7 Å². The summed E-state index contributed by atoms with van der Waals surface area (Å²) >= 11 is 0. The van der Waals surface area contributed by atoms with Crippen LogP contribution in [0, 0.1) is 16.0 Å². The number of hydrogen-bond donors (Lipinski definition) is 2. The average molecular weight is 205 g/mol. The summed E-state index contributed by atoms with van der Waals surface area (Å²) < 4.78 is 5.07. The van der Waals surface area contributed by atoms with Gasteiger partial charge < -0.3 is 15.1 Å². The first-order valence-corrected chi connectivity index (χ1v) is 4.28. The van der Waals surface area contributed by atoms with Gasteiger partial charge in [-0.2, -0.15) is 0 Å². The zero-order chi connectivity index (χ0) is 11.0. The van der Waals surface area contributed by atoms with E-state index in [0.29, 0.717) is 12.5 Å². The standard InChI is InChI=1S/C8H14O2.HNO3/c1-2-3-7-4-5-10-6-8(7)9;2-1(3)4/h2,7-9H,1,3-6H2;(H,2,3,4). The van der Waals surface area contributed by atoms with E-state index in [1.165, 1.54) is 0 Å². The van der Waals surface area contributed by atoms with Crippen LogP contribution in [0.1, 0.15) is 12.8 Å². The van der Waals surface area contributed by atoms with Gasteiger partial charge in [0.1, 0.15) is 0 Å². The van der Waals surface area contributed by atoms with E-state index in [9.17, 15) is 5.11 Å². The predicted molar refractivity (Wildman–Crippen MR) is 48.5 cm³/mol. The molecule has 1 saturated heterocycles. The summed E-state index contributed by atoms with van der Waals surface area (Å²) in [5.74, 6) is 0.381. The van der Waals surface area contributed by atoms with Crippen molar-refractivity contribution in [1.29, 1.82) is 0 Å². The van der Waals surface area contributed by atoms with Crippen molar-refractivity contribution in [2.24, 2.45) is 5.92 Å². The van der Waals surface area contributed by atoms with E-state index in [0.717, 1.165) is 19.4 Å². The lowest BCUT2D eigenvalue weighted by Gasteiger charge is -2.26. The third kappa shape index (κ3) is 6.38. The first-order valence-electron chi connectivity index (χ1n) is 4.28. The van der Waals surface area contributed by atoms with Gasteiger partial charge in [-0.15, -0.1) is 16.7 Å². The molecule has 0 aromatic carbocycles. The van der Waals surface area contributed by atoms with Crippen molar-refractivity contribution >= 4 is 0 Å². The van der Waals surface area contributed by atoms with Crippen LogP contribution in [0.4, 0.5) is 0 Å². The molecule has 14 heavy (non-hydrogen) atoms. The Morgan fingerprint density at radius 2 is 2.29 bits per heavy atom. The van der Waals surface area contributed by atoms with Gasteiger partial charge in [-0.3, -0.25) is 0 Å². The van der Waals surface area contributed by atoms with E-state index >= 15 is 0 Å². The summed E-state index contributed by atoms with van der Waals surface area (Å²) in [5.41, 5.74) is 0. The Balaban J connectivity index is 0.000000364. The first-order chi connectivity index (χ1) is 6.57. The third-order valence-corrected chi connectivity index (χ3v) is 1.94. The molecule has 0 bridgehead atoms. The number of hydrogen-bond acceptors (Lipinski definition) is 4. The molecule has 2 unspecified atom stereocenters. The van der Waals surface area contributed by atoms with Crippen molar-refractivity contribution in [2.45, 2.75) is 18.9 Å². The molecule has 0 spiro atoms. The molecule has 1 fully saturated rings. The topological polar surface area (TPSA) is 92.8 Å². The summed E-state index contributed by atoms with van der Waals surface area (Å²) in [6.45, 7) is 4.92. The van der Waals surface area contributed by atoms with Gasteiger partial charge in [0.05, 0.1) is 12.7 Å². The van der Waals surface area contributed by atoms with Crippen LogP contribution in [0.2, 0.25) is 0 Å². The lowest BCUT2D eigenvalue weighted by molar-refractivity contribution is -0.742. The fourth-order valence-electron chi connectivity index (χ4n) is 1.26. The summed E-state index contributed by atoms with van der Waals surface area (Å²) in [6.07, 6.45) is 3.46. The van der Waals surface area contributed by atoms with Gasteiger partial charge in [0.15, 0.2) is 0 Å². The summed E-state index contributed by atoms with van der Waals surface area (Å²) in [5, 5.41) is 23.0. The summed E-state index contributed by atoms with van der Waals surface area (Å²) in [6, 6.07) is 0. The van der Waals surface area contributed by atoms with Crippen molar-refractivity contribution in [3.05, 3.63) is 22.8 Å². The van der Waals surface area contributed by atoms with Gasteiger partial charge in [-0.05, 0) is 18.8 Å². The van der Waals surface area contributed by atoms with Crippen molar-refractivity contribution in [3.8, 4) is 0 Å².